The van der Waals surface area contributed by atoms with Gasteiger partial charge < -0.3 is 15.3 Å². The van der Waals surface area contributed by atoms with E-state index in [2.05, 4.69) is 37.3 Å². The molecule has 160 valence electrons. The molecule has 1 amide bonds. The molecule has 0 spiro atoms. The van der Waals surface area contributed by atoms with E-state index in [0.29, 0.717) is 11.9 Å². The minimum Gasteiger partial charge on any atom is -0.465 e. The maximum absolute atomic E-state index is 11.0. The van der Waals surface area contributed by atoms with Crippen LogP contribution in [0.15, 0.2) is 31.0 Å². The van der Waals surface area contributed by atoms with E-state index in [9.17, 15) is 4.79 Å². The Bertz CT molecular complexity index is 1110. The Morgan fingerprint density at radius 2 is 2.13 bits per heavy atom. The molecule has 1 unspecified atom stereocenters. The summed E-state index contributed by atoms with van der Waals surface area (Å²) < 4.78 is 1.98. The number of carbonyl (C=O) groups is 1. The number of nitrogens with one attached hydrogen (secondary N) is 1. The second kappa shape index (κ2) is 7.93. The summed E-state index contributed by atoms with van der Waals surface area (Å²) in [7, 11) is 0. The van der Waals surface area contributed by atoms with Crippen LogP contribution in [0.1, 0.15) is 56.5 Å². The number of aromatic nitrogens is 6. The van der Waals surface area contributed by atoms with Gasteiger partial charge in [0.15, 0.2) is 17.5 Å². The largest absolute Gasteiger partial charge is 0.465 e. The van der Waals surface area contributed by atoms with E-state index < -0.39 is 6.09 Å². The molecule has 0 bridgehead atoms. The number of nitrogens with zero attached hydrogens (tertiary/aromatic N) is 7. The molecule has 3 aromatic rings. The van der Waals surface area contributed by atoms with Crippen molar-refractivity contribution in [2.45, 2.75) is 57.7 Å². The molecule has 1 saturated carbocycles. The van der Waals surface area contributed by atoms with E-state index in [1.165, 1.54) is 12.8 Å². The van der Waals surface area contributed by atoms with Crippen LogP contribution in [0.3, 0.4) is 0 Å². The maximum Gasteiger partial charge on any atom is 0.404 e. The Balaban J connectivity index is 1.63. The van der Waals surface area contributed by atoms with Gasteiger partial charge in [0.2, 0.25) is 0 Å². The second-order valence-corrected chi connectivity index (χ2v) is 7.92. The summed E-state index contributed by atoms with van der Waals surface area (Å²) >= 11 is 0. The fourth-order valence-electron chi connectivity index (χ4n) is 4.73. The summed E-state index contributed by atoms with van der Waals surface area (Å²) in [4.78, 5) is 27.2. The first-order valence-corrected chi connectivity index (χ1v) is 10.6. The molecule has 1 aliphatic carbocycles. The third-order valence-electron chi connectivity index (χ3n) is 6.14. The summed E-state index contributed by atoms with van der Waals surface area (Å²) in [6.45, 7) is 2.30. The number of hydrogen-bond donors (Lipinski definition) is 2. The van der Waals surface area contributed by atoms with Crippen LogP contribution in [0.25, 0.3) is 17.1 Å². The normalized spacial score (nSPS) is 18.0. The molecule has 4 heterocycles. The van der Waals surface area contributed by atoms with Gasteiger partial charge >= 0.3 is 6.09 Å². The van der Waals surface area contributed by atoms with Gasteiger partial charge in [0.05, 0.1) is 12.2 Å². The topological polar surface area (TPSA) is 122 Å². The van der Waals surface area contributed by atoms with Crippen molar-refractivity contribution in [3.8, 4) is 17.1 Å². The van der Waals surface area contributed by atoms with Crippen LogP contribution in [0.5, 0.6) is 0 Å². The lowest BCUT2D eigenvalue weighted by molar-refractivity contribution is 0.194. The van der Waals surface area contributed by atoms with E-state index in [4.69, 9.17) is 10.1 Å². The summed E-state index contributed by atoms with van der Waals surface area (Å²) in [5, 5.41) is 20.0. The van der Waals surface area contributed by atoms with Crippen molar-refractivity contribution in [1.82, 2.24) is 35.0 Å². The van der Waals surface area contributed by atoms with Crippen LogP contribution in [-0.2, 0) is 6.54 Å². The molecule has 31 heavy (non-hydrogen) atoms. The van der Waals surface area contributed by atoms with Crippen LogP contribution in [-0.4, -0.2) is 47.0 Å². The lowest BCUT2D eigenvalue weighted by Crippen LogP contribution is -2.42. The van der Waals surface area contributed by atoms with Gasteiger partial charge in [-0.25, -0.2) is 14.8 Å². The van der Waals surface area contributed by atoms with Gasteiger partial charge in [0.1, 0.15) is 12.0 Å². The van der Waals surface area contributed by atoms with Crippen molar-refractivity contribution in [3.05, 3.63) is 42.4 Å². The highest BCUT2D eigenvalue weighted by Crippen LogP contribution is 2.43. The molecule has 5 rings (SSSR count). The Kier molecular flexibility index (Phi) is 4.97. The summed E-state index contributed by atoms with van der Waals surface area (Å²) in [5.41, 5.74) is 2.37. The molecule has 0 saturated heterocycles. The molecule has 10 heteroatoms. The number of carboxylic acid groups (broad SMARTS) is 1. The minimum absolute atomic E-state index is 0.103. The Morgan fingerprint density at radius 3 is 2.90 bits per heavy atom. The molecular formula is C21H24N8O2. The lowest BCUT2D eigenvalue weighted by atomic mass is 10.0. The number of hydrogen-bond acceptors (Lipinski definition) is 7. The Morgan fingerprint density at radius 1 is 1.29 bits per heavy atom. The highest BCUT2D eigenvalue weighted by atomic mass is 16.4. The lowest BCUT2D eigenvalue weighted by Gasteiger charge is -2.40. The van der Waals surface area contributed by atoms with Crippen molar-refractivity contribution < 1.29 is 9.90 Å². The predicted molar refractivity (Wildman–Crippen MR) is 113 cm³/mol. The fourth-order valence-corrected chi connectivity index (χ4v) is 4.73. The van der Waals surface area contributed by atoms with Gasteiger partial charge in [-0.15, -0.1) is 10.2 Å². The van der Waals surface area contributed by atoms with Gasteiger partial charge in [0.25, 0.3) is 0 Å². The average Bonchev–Trinajstić information content (AvgIpc) is 3.49. The quantitative estimate of drug-likeness (QED) is 0.646. The molecule has 1 fully saturated rings. The first-order valence-electron chi connectivity index (χ1n) is 10.6. The standard InChI is InChI=1S/C21H24N8O2/c1-2-16-20-27-25-12-28(20)17-11-23-18(26-19(17)29(16)14-5-3-4-6-14)15-7-8-22-9-13(15)10-24-21(30)31/h7-9,11-12,14,16,24H,2-6,10H2,1H3,(H,30,31). The van der Waals surface area contributed by atoms with Gasteiger partial charge in [-0.3, -0.25) is 9.55 Å². The number of pyridine rings is 1. The van der Waals surface area contributed by atoms with E-state index in [0.717, 1.165) is 47.7 Å². The monoisotopic (exact) mass is 420 g/mol. The molecule has 2 N–H and O–H groups in total. The highest BCUT2D eigenvalue weighted by Gasteiger charge is 2.38. The van der Waals surface area contributed by atoms with Crippen molar-refractivity contribution in [1.29, 1.82) is 0 Å². The van der Waals surface area contributed by atoms with Gasteiger partial charge in [-0.05, 0) is 25.3 Å². The van der Waals surface area contributed by atoms with E-state index in [-0.39, 0.29) is 12.6 Å². The van der Waals surface area contributed by atoms with Gasteiger partial charge in [-0.1, -0.05) is 19.8 Å². The van der Waals surface area contributed by atoms with Crippen molar-refractivity contribution in [3.63, 3.8) is 0 Å². The summed E-state index contributed by atoms with van der Waals surface area (Å²) in [6, 6.07) is 2.33. The molecular weight excluding hydrogens is 396 g/mol. The first-order chi connectivity index (χ1) is 15.2. The minimum atomic E-state index is -1.08. The van der Waals surface area contributed by atoms with E-state index >= 15 is 0 Å². The summed E-state index contributed by atoms with van der Waals surface area (Å²) in [5.74, 6) is 2.36. The molecule has 3 aromatic heterocycles. The van der Waals surface area contributed by atoms with Gasteiger partial charge in [0, 0.05) is 36.1 Å². The zero-order chi connectivity index (χ0) is 21.4. The fraction of sp³-hybridized carbons (Fsp3) is 0.429. The average molecular weight is 420 g/mol. The SMILES string of the molecule is CCC1c2nncn2-c2cnc(-c3ccncc3CNC(=O)O)nc2N1C1CCCC1. The van der Waals surface area contributed by atoms with E-state index in [1.807, 2.05) is 16.8 Å². The second-order valence-electron chi connectivity index (χ2n) is 7.92. The zero-order valence-electron chi connectivity index (χ0n) is 17.3. The molecule has 0 radical (unpaired) electrons. The molecule has 10 nitrogen and oxygen atoms in total. The molecule has 1 aliphatic heterocycles. The smallest absolute Gasteiger partial charge is 0.404 e. The predicted octanol–water partition coefficient (Wildman–Crippen LogP) is 3.10. The summed E-state index contributed by atoms with van der Waals surface area (Å²) in [6.07, 6.45) is 11.4. The molecule has 2 aliphatic rings. The van der Waals surface area contributed by atoms with Crippen LogP contribution in [0, 0.1) is 0 Å². The number of fused-ring (bicyclic) bond motifs is 3. The van der Waals surface area contributed by atoms with Crippen molar-refractivity contribution >= 4 is 11.9 Å². The number of amides is 1. The number of anilines is 1. The third kappa shape index (κ3) is 3.37. The molecule has 0 aromatic carbocycles. The Labute approximate surface area is 179 Å². The Hall–Kier alpha value is -3.56. The molecule has 1 atom stereocenters. The van der Waals surface area contributed by atoms with Crippen LogP contribution < -0.4 is 10.2 Å². The van der Waals surface area contributed by atoms with Gasteiger partial charge in [-0.2, -0.15) is 0 Å². The van der Waals surface area contributed by atoms with Crippen molar-refractivity contribution in [2.75, 3.05) is 4.90 Å². The number of rotatable bonds is 5. The van der Waals surface area contributed by atoms with Crippen LogP contribution in [0.4, 0.5) is 10.6 Å². The highest BCUT2D eigenvalue weighted by molar-refractivity contribution is 5.69. The van der Waals surface area contributed by atoms with E-state index in [1.54, 1.807) is 18.7 Å². The van der Waals surface area contributed by atoms with Crippen molar-refractivity contribution in [2.24, 2.45) is 0 Å². The van der Waals surface area contributed by atoms with Crippen LogP contribution in [0.2, 0.25) is 0 Å². The maximum atomic E-state index is 11.0. The van der Waals surface area contributed by atoms with Crippen LogP contribution >= 0.6 is 0 Å². The zero-order valence-corrected chi connectivity index (χ0v) is 17.3. The third-order valence-corrected chi connectivity index (χ3v) is 6.14. The first kappa shape index (κ1) is 19.4.